The molecule has 0 aliphatic heterocycles. The number of methoxy groups -OCH3 is 1. The van der Waals surface area contributed by atoms with E-state index in [1.54, 1.807) is 54.6 Å². The van der Waals surface area contributed by atoms with Gasteiger partial charge in [0.25, 0.3) is 5.56 Å². The van der Waals surface area contributed by atoms with Crippen molar-refractivity contribution in [3.8, 4) is 6.07 Å². The molecule has 0 amide bonds. The van der Waals surface area contributed by atoms with Gasteiger partial charge < -0.3 is 4.74 Å². The van der Waals surface area contributed by atoms with Crippen LogP contribution in [0.4, 0.5) is 0 Å². The number of Topliss-reactive ketones (excluding diaryl/α,β-unsaturated/α-hetero) is 1. The number of rotatable bonds is 6. The summed E-state index contributed by atoms with van der Waals surface area (Å²) >= 11 is 7.14. The Labute approximate surface area is 176 Å². The fourth-order valence-electron chi connectivity index (χ4n) is 2.77. The van der Waals surface area contributed by atoms with Crippen LogP contribution in [0.25, 0.3) is 11.6 Å². The van der Waals surface area contributed by atoms with Crippen LogP contribution in [-0.4, -0.2) is 24.1 Å². The maximum Gasteiger partial charge on any atom is 0.269 e. The Balaban J connectivity index is 2.27. The van der Waals surface area contributed by atoms with Crippen molar-refractivity contribution in [3.05, 3.63) is 90.3 Å². The summed E-state index contributed by atoms with van der Waals surface area (Å²) in [5.41, 5.74) is 0.800. The second-order valence-corrected chi connectivity index (χ2v) is 7.57. The molecule has 146 valence electrons. The number of ketones is 1. The second kappa shape index (κ2) is 9.48. The number of carbonyl (C=O) groups is 1. The molecule has 3 aromatic rings. The third-order valence-corrected chi connectivity index (χ3v) is 5.53. The molecule has 0 aliphatic carbocycles. The monoisotopic (exact) mass is 424 g/mol. The molecule has 0 bridgehead atoms. The van der Waals surface area contributed by atoms with E-state index in [0.29, 0.717) is 19.8 Å². The van der Waals surface area contributed by atoms with Gasteiger partial charge in [0.15, 0.2) is 0 Å². The number of benzene rings is 2. The molecule has 1 heterocycles. The number of halogens is 1. The molecule has 0 spiro atoms. The highest BCUT2D eigenvalue weighted by Gasteiger charge is 2.17. The molecule has 0 atom stereocenters. The van der Waals surface area contributed by atoms with Gasteiger partial charge in [-0.3, -0.25) is 14.2 Å². The summed E-state index contributed by atoms with van der Waals surface area (Å²) in [6.45, 7) is 0.510. The zero-order chi connectivity index (χ0) is 20.8. The average molecular weight is 425 g/mol. The van der Waals surface area contributed by atoms with Gasteiger partial charge >= 0.3 is 0 Å². The van der Waals surface area contributed by atoms with Gasteiger partial charge in [-0.25, -0.2) is 0 Å². The third-order valence-electron chi connectivity index (χ3n) is 4.16. The van der Waals surface area contributed by atoms with Gasteiger partial charge in [-0.1, -0.05) is 54.1 Å². The number of aromatic nitrogens is 1. The molecule has 7 heteroatoms. The molecule has 29 heavy (non-hydrogen) atoms. The number of carbonyl (C=O) groups excluding carboxylic acids is 1. The minimum atomic E-state index is -0.421. The third kappa shape index (κ3) is 4.72. The Morgan fingerprint density at radius 3 is 2.66 bits per heavy atom. The summed E-state index contributed by atoms with van der Waals surface area (Å²) < 4.78 is 7.24. The first-order chi connectivity index (χ1) is 14.0. The first kappa shape index (κ1) is 20.7. The normalized spacial score (nSPS) is 12.5. The zero-order valence-electron chi connectivity index (χ0n) is 15.6. The summed E-state index contributed by atoms with van der Waals surface area (Å²) in [7, 11) is 1.53. The Kier molecular flexibility index (Phi) is 6.78. The van der Waals surface area contributed by atoms with Crippen molar-refractivity contribution >= 4 is 40.4 Å². The number of nitrogens with zero attached hydrogens (tertiary/aromatic N) is 2. The van der Waals surface area contributed by atoms with Crippen LogP contribution in [-0.2, 0) is 11.3 Å². The van der Waals surface area contributed by atoms with E-state index in [9.17, 15) is 14.9 Å². The van der Waals surface area contributed by atoms with Gasteiger partial charge in [0.1, 0.15) is 16.3 Å². The lowest BCUT2D eigenvalue weighted by atomic mass is 10.1. The first-order valence-electron chi connectivity index (χ1n) is 8.75. The predicted molar refractivity (Wildman–Crippen MR) is 115 cm³/mol. The van der Waals surface area contributed by atoms with Crippen LogP contribution in [0.5, 0.6) is 0 Å². The van der Waals surface area contributed by atoms with E-state index < -0.39 is 5.78 Å². The second-order valence-electron chi connectivity index (χ2n) is 6.10. The number of nitriles is 1. The van der Waals surface area contributed by atoms with Crippen LogP contribution in [0.2, 0.25) is 5.02 Å². The molecule has 2 aromatic carbocycles. The van der Waals surface area contributed by atoms with Crippen molar-refractivity contribution in [1.29, 1.82) is 5.26 Å². The van der Waals surface area contributed by atoms with Crippen LogP contribution in [0.3, 0.4) is 0 Å². The van der Waals surface area contributed by atoms with Gasteiger partial charge in [0.05, 0.1) is 17.7 Å². The van der Waals surface area contributed by atoms with E-state index in [-0.39, 0.29) is 24.3 Å². The zero-order valence-corrected chi connectivity index (χ0v) is 17.2. The van der Waals surface area contributed by atoms with Crippen molar-refractivity contribution in [1.82, 2.24) is 4.57 Å². The molecular formula is C22H17ClN2O3S. The fourth-order valence-corrected chi connectivity index (χ4v) is 4.09. The maximum atomic E-state index is 13.0. The van der Waals surface area contributed by atoms with Crippen molar-refractivity contribution in [3.63, 3.8) is 0 Å². The van der Waals surface area contributed by atoms with Gasteiger partial charge in [-0.05, 0) is 23.8 Å². The Morgan fingerprint density at radius 2 is 2.00 bits per heavy atom. The first-order valence-corrected chi connectivity index (χ1v) is 9.94. The molecule has 5 nitrogen and oxygen atoms in total. The smallest absolute Gasteiger partial charge is 0.269 e. The molecule has 0 unspecified atom stereocenters. The fraction of sp³-hybridized carbons (Fsp3) is 0.136. The lowest BCUT2D eigenvalue weighted by Crippen LogP contribution is -2.34. The summed E-state index contributed by atoms with van der Waals surface area (Å²) in [5.74, 6) is -0.421. The standard InChI is InChI=1S/C22H17ClN2O3S/c1-28-11-10-25-21(27)19(13-15-6-5-9-17(23)12-15)29-22(25)18(14-24)20(26)16-7-3-2-4-8-16/h2-9,12-13H,10-11H2,1H3/b19-13+,22-18-. The molecule has 0 N–H and O–H groups in total. The van der Waals surface area contributed by atoms with Crippen LogP contribution in [0.1, 0.15) is 15.9 Å². The number of hydrogen-bond acceptors (Lipinski definition) is 5. The molecule has 0 saturated heterocycles. The Morgan fingerprint density at radius 1 is 1.24 bits per heavy atom. The summed E-state index contributed by atoms with van der Waals surface area (Å²) in [5, 5.41) is 10.3. The highest BCUT2D eigenvalue weighted by molar-refractivity contribution is 7.07. The van der Waals surface area contributed by atoms with E-state index in [2.05, 4.69) is 0 Å². The van der Waals surface area contributed by atoms with Gasteiger partial charge in [0, 0.05) is 17.7 Å². The topological polar surface area (TPSA) is 72.1 Å². The SMILES string of the molecule is COCCn1c(=O)/c(=C\c2cccc(Cl)c2)s/c1=C(/C#N)C(=O)c1ccccc1. The van der Waals surface area contributed by atoms with E-state index in [1.807, 2.05) is 12.1 Å². The van der Waals surface area contributed by atoms with Crippen LogP contribution in [0, 0.1) is 11.3 Å². The Hall–Kier alpha value is -2.98. The Bertz CT molecular complexity index is 1250. The van der Waals surface area contributed by atoms with Gasteiger partial charge in [-0.15, -0.1) is 11.3 Å². The van der Waals surface area contributed by atoms with Gasteiger partial charge in [0.2, 0.25) is 5.78 Å². The van der Waals surface area contributed by atoms with E-state index in [0.717, 1.165) is 16.9 Å². The molecule has 3 rings (SSSR count). The molecule has 0 saturated carbocycles. The quantitative estimate of drug-likeness (QED) is 0.570. The van der Waals surface area contributed by atoms with Crippen molar-refractivity contribution in [2.24, 2.45) is 0 Å². The molecular weight excluding hydrogens is 408 g/mol. The summed E-state index contributed by atoms with van der Waals surface area (Å²) in [4.78, 5) is 25.9. The van der Waals surface area contributed by atoms with E-state index >= 15 is 0 Å². The summed E-state index contributed by atoms with van der Waals surface area (Å²) in [6.07, 6.45) is 1.70. The molecule has 1 aromatic heterocycles. The number of thiazole rings is 1. The van der Waals surface area contributed by atoms with E-state index in [1.165, 1.54) is 11.7 Å². The van der Waals surface area contributed by atoms with Crippen LogP contribution >= 0.6 is 22.9 Å². The number of hydrogen-bond donors (Lipinski definition) is 0. The average Bonchev–Trinajstić information content (AvgIpc) is 3.02. The van der Waals surface area contributed by atoms with E-state index in [4.69, 9.17) is 16.3 Å². The predicted octanol–water partition coefficient (Wildman–Crippen LogP) is 2.60. The van der Waals surface area contributed by atoms with Crippen LogP contribution in [0.15, 0.2) is 59.4 Å². The highest BCUT2D eigenvalue weighted by Crippen LogP contribution is 2.11. The minimum absolute atomic E-state index is 0.0693. The lowest BCUT2D eigenvalue weighted by Gasteiger charge is -2.03. The van der Waals surface area contributed by atoms with Crippen molar-refractivity contribution < 1.29 is 9.53 Å². The van der Waals surface area contributed by atoms with Crippen molar-refractivity contribution in [2.45, 2.75) is 6.54 Å². The minimum Gasteiger partial charge on any atom is -0.383 e. The summed E-state index contributed by atoms with van der Waals surface area (Å²) in [6, 6.07) is 17.6. The van der Waals surface area contributed by atoms with Gasteiger partial charge in [-0.2, -0.15) is 5.26 Å². The van der Waals surface area contributed by atoms with Crippen molar-refractivity contribution in [2.75, 3.05) is 13.7 Å². The maximum absolute atomic E-state index is 13.0. The molecule has 0 radical (unpaired) electrons. The van der Waals surface area contributed by atoms with Crippen LogP contribution < -0.4 is 14.8 Å². The molecule has 0 aliphatic rings. The molecule has 0 fully saturated rings. The lowest BCUT2D eigenvalue weighted by molar-refractivity contribution is 0.105. The number of ether oxygens (including phenoxy) is 1. The highest BCUT2D eigenvalue weighted by atomic mass is 35.5. The largest absolute Gasteiger partial charge is 0.383 e.